The molecule has 1 fully saturated rings. The van der Waals surface area contributed by atoms with E-state index in [9.17, 15) is 32.7 Å². The molecule has 0 bridgehead atoms. The van der Waals surface area contributed by atoms with Crippen LogP contribution in [0, 0.1) is 11.8 Å². The summed E-state index contributed by atoms with van der Waals surface area (Å²) in [5.41, 5.74) is -0.0376. The Bertz CT molecular complexity index is 1300. The highest BCUT2D eigenvalue weighted by molar-refractivity contribution is 6.02. The van der Waals surface area contributed by atoms with Crippen LogP contribution >= 0.6 is 0 Å². The summed E-state index contributed by atoms with van der Waals surface area (Å²) in [6.45, 7) is 3.64. The number of likely N-dealkylation sites (N-methyl/N-ethyl adjacent to an activating group) is 1. The molecule has 0 radical (unpaired) electrons. The van der Waals surface area contributed by atoms with Crippen molar-refractivity contribution >= 4 is 29.2 Å². The molecule has 9 nitrogen and oxygen atoms in total. The summed E-state index contributed by atoms with van der Waals surface area (Å²) >= 11 is 0. The number of para-hydroxylation sites is 1. The molecule has 0 aromatic heterocycles. The van der Waals surface area contributed by atoms with Crippen LogP contribution in [0.4, 0.5) is 29.3 Å². The molecule has 4 rings (SSSR count). The van der Waals surface area contributed by atoms with Crippen LogP contribution in [-0.2, 0) is 11.0 Å². The lowest BCUT2D eigenvalue weighted by Gasteiger charge is -2.38. The normalized spacial score (nSPS) is 20.3. The molecule has 3 atom stereocenters. The monoisotopic (exact) mass is 604 g/mol. The van der Waals surface area contributed by atoms with Gasteiger partial charge in [0.25, 0.3) is 5.91 Å². The molecule has 0 saturated heterocycles. The molecule has 1 saturated carbocycles. The fraction of sp³-hybridized carbons (Fsp3) is 0.516. The second kappa shape index (κ2) is 13.7. The molecule has 1 heterocycles. The Morgan fingerprint density at radius 1 is 1.09 bits per heavy atom. The van der Waals surface area contributed by atoms with Gasteiger partial charge in [0.15, 0.2) is 5.75 Å². The first-order valence-corrected chi connectivity index (χ1v) is 14.6. The van der Waals surface area contributed by atoms with Crippen molar-refractivity contribution in [3.63, 3.8) is 0 Å². The third kappa shape index (κ3) is 7.78. The molecule has 234 valence electrons. The lowest BCUT2D eigenvalue weighted by molar-refractivity contribution is -0.137. The van der Waals surface area contributed by atoms with E-state index in [-0.39, 0.29) is 60.3 Å². The predicted octanol–water partition coefficient (Wildman–Crippen LogP) is 5.61. The minimum atomic E-state index is -4.49. The number of aliphatic hydroxyl groups excluding tert-OH is 1. The lowest BCUT2D eigenvalue weighted by atomic mass is 9.88. The highest BCUT2D eigenvalue weighted by atomic mass is 19.4. The van der Waals surface area contributed by atoms with Crippen LogP contribution in [0.25, 0.3) is 0 Å². The maximum Gasteiger partial charge on any atom is 0.416 e. The zero-order chi connectivity index (χ0) is 31.3. The number of carbonyl (C=O) groups is 3. The number of hydrogen-bond acceptors (Lipinski definition) is 5. The third-order valence-corrected chi connectivity index (χ3v) is 8.19. The van der Waals surface area contributed by atoms with Gasteiger partial charge in [-0.3, -0.25) is 9.59 Å². The second-order valence-electron chi connectivity index (χ2n) is 11.5. The van der Waals surface area contributed by atoms with Crippen LogP contribution in [0.2, 0.25) is 0 Å². The molecule has 2 aromatic carbocycles. The summed E-state index contributed by atoms with van der Waals surface area (Å²) in [5, 5.41) is 15.5. The van der Waals surface area contributed by atoms with Crippen LogP contribution in [0.15, 0.2) is 42.5 Å². The minimum absolute atomic E-state index is 0.0630. The zero-order valence-electron chi connectivity index (χ0n) is 24.6. The maximum atomic E-state index is 13.7. The maximum absolute atomic E-state index is 13.7. The fourth-order valence-corrected chi connectivity index (χ4v) is 5.47. The van der Waals surface area contributed by atoms with E-state index >= 15 is 0 Å². The smallest absolute Gasteiger partial charge is 0.416 e. The number of anilines is 2. The van der Waals surface area contributed by atoms with Crippen molar-refractivity contribution in [2.75, 3.05) is 37.4 Å². The average Bonchev–Trinajstić information content (AvgIpc) is 2.99. The van der Waals surface area contributed by atoms with Gasteiger partial charge >= 0.3 is 12.2 Å². The number of urea groups is 1. The van der Waals surface area contributed by atoms with Crippen molar-refractivity contribution in [3.8, 4) is 5.75 Å². The van der Waals surface area contributed by atoms with Gasteiger partial charge in [0.05, 0.1) is 36.0 Å². The van der Waals surface area contributed by atoms with Crippen LogP contribution < -0.4 is 15.4 Å². The van der Waals surface area contributed by atoms with Crippen molar-refractivity contribution in [2.45, 2.75) is 64.3 Å². The Labute approximate surface area is 249 Å². The van der Waals surface area contributed by atoms with Crippen LogP contribution in [0.1, 0.15) is 61.9 Å². The highest BCUT2D eigenvalue weighted by Gasteiger charge is 2.36. The van der Waals surface area contributed by atoms with Crippen LogP contribution in [0.3, 0.4) is 0 Å². The molecule has 1 aliphatic heterocycles. The van der Waals surface area contributed by atoms with Crippen LogP contribution in [-0.4, -0.2) is 71.6 Å². The minimum Gasteiger partial charge on any atom is -0.485 e. The first-order chi connectivity index (χ1) is 20.4. The molecule has 43 heavy (non-hydrogen) atoms. The SMILES string of the molecule is C[C@H]1CN([C@@H](C)CO)C(=O)c2cccc(NC(=O)C3CCCCC3)c2O[C@@H]1CN(C)C(=O)Nc1ccc(C(F)(F)F)cc1. The van der Waals surface area contributed by atoms with Gasteiger partial charge in [-0.05, 0) is 56.2 Å². The number of fused-ring (bicyclic) bond motifs is 1. The standard InChI is InChI=1S/C31H39F3N4O5/c1-19-16-38(20(2)18-39)29(41)24-10-7-11-25(36-28(40)21-8-5-4-6-9-21)27(24)43-26(19)17-37(3)30(42)35-23-14-12-22(13-15-23)31(32,33)34/h7,10-15,19-21,26,39H,4-6,8-9,16-18H2,1-3H3,(H,35,42)(H,36,40)/t19-,20-,26+/m0/s1. The van der Waals surface area contributed by atoms with E-state index in [1.54, 1.807) is 30.0 Å². The van der Waals surface area contributed by atoms with E-state index in [4.69, 9.17) is 4.74 Å². The topological polar surface area (TPSA) is 111 Å². The number of nitrogens with one attached hydrogen (secondary N) is 2. The van der Waals surface area contributed by atoms with Gasteiger partial charge in [0.2, 0.25) is 5.91 Å². The number of nitrogens with zero attached hydrogens (tertiary/aromatic N) is 2. The van der Waals surface area contributed by atoms with Gasteiger partial charge in [-0.25, -0.2) is 4.79 Å². The quantitative estimate of drug-likeness (QED) is 0.381. The fourth-order valence-electron chi connectivity index (χ4n) is 5.47. The molecule has 2 aromatic rings. The molecule has 12 heteroatoms. The molecule has 3 N–H and O–H groups in total. The Hall–Kier alpha value is -3.80. The number of carbonyl (C=O) groups excluding carboxylic acids is 3. The first kappa shape index (κ1) is 32.1. The summed E-state index contributed by atoms with van der Waals surface area (Å²) in [5.74, 6) is -0.725. The molecule has 1 aliphatic carbocycles. The number of halogens is 3. The molecule has 0 spiro atoms. The average molecular weight is 605 g/mol. The summed E-state index contributed by atoms with van der Waals surface area (Å²) in [6.07, 6.45) is -0.485. The number of hydrogen-bond donors (Lipinski definition) is 3. The molecule has 2 aliphatic rings. The van der Waals surface area contributed by atoms with Crippen molar-refractivity contribution in [1.29, 1.82) is 0 Å². The summed E-state index contributed by atoms with van der Waals surface area (Å²) in [6, 6.07) is 8.04. The summed E-state index contributed by atoms with van der Waals surface area (Å²) < 4.78 is 45.2. The van der Waals surface area contributed by atoms with E-state index in [1.165, 1.54) is 24.1 Å². The summed E-state index contributed by atoms with van der Waals surface area (Å²) in [7, 11) is 1.53. The van der Waals surface area contributed by atoms with E-state index in [0.717, 1.165) is 44.2 Å². The van der Waals surface area contributed by atoms with Crippen LogP contribution in [0.5, 0.6) is 5.75 Å². The molecular formula is C31H39F3N4O5. The van der Waals surface area contributed by atoms with Gasteiger partial charge in [0, 0.05) is 31.1 Å². The molecule has 4 amide bonds. The largest absolute Gasteiger partial charge is 0.485 e. The molecule has 0 unspecified atom stereocenters. The number of aliphatic hydroxyl groups is 1. The number of amides is 4. The van der Waals surface area contributed by atoms with Gasteiger partial charge in [-0.15, -0.1) is 0 Å². The van der Waals surface area contributed by atoms with E-state index in [2.05, 4.69) is 10.6 Å². The Kier molecular flexibility index (Phi) is 10.2. The van der Waals surface area contributed by atoms with Gasteiger partial charge in [0.1, 0.15) is 6.10 Å². The third-order valence-electron chi connectivity index (χ3n) is 8.19. The van der Waals surface area contributed by atoms with Gasteiger partial charge < -0.3 is 30.3 Å². The number of rotatable bonds is 7. The van der Waals surface area contributed by atoms with E-state index in [0.29, 0.717) is 5.69 Å². The number of benzene rings is 2. The van der Waals surface area contributed by atoms with Crippen molar-refractivity contribution in [1.82, 2.24) is 9.80 Å². The van der Waals surface area contributed by atoms with E-state index in [1.807, 2.05) is 6.92 Å². The number of ether oxygens (including phenoxy) is 1. The van der Waals surface area contributed by atoms with E-state index < -0.39 is 29.9 Å². The number of alkyl halides is 3. The van der Waals surface area contributed by atoms with Gasteiger partial charge in [-0.2, -0.15) is 13.2 Å². The second-order valence-corrected chi connectivity index (χ2v) is 11.5. The lowest BCUT2D eigenvalue weighted by Crippen LogP contribution is -2.50. The highest BCUT2D eigenvalue weighted by Crippen LogP contribution is 2.36. The zero-order valence-corrected chi connectivity index (χ0v) is 24.6. The van der Waals surface area contributed by atoms with Gasteiger partial charge in [-0.1, -0.05) is 32.3 Å². The van der Waals surface area contributed by atoms with Crippen molar-refractivity contribution in [3.05, 3.63) is 53.6 Å². The predicted molar refractivity (Wildman–Crippen MR) is 156 cm³/mol. The Morgan fingerprint density at radius 3 is 2.40 bits per heavy atom. The Balaban J connectivity index is 1.58. The Morgan fingerprint density at radius 2 is 1.77 bits per heavy atom. The van der Waals surface area contributed by atoms with Crippen molar-refractivity contribution in [2.24, 2.45) is 11.8 Å². The summed E-state index contributed by atoms with van der Waals surface area (Å²) in [4.78, 5) is 42.8. The molecular weight excluding hydrogens is 565 g/mol. The first-order valence-electron chi connectivity index (χ1n) is 14.6. The van der Waals surface area contributed by atoms with Crippen molar-refractivity contribution < 1.29 is 37.4 Å².